The van der Waals surface area contributed by atoms with Crippen LogP contribution in [0.4, 0.5) is 0 Å². The Morgan fingerprint density at radius 1 is 1.37 bits per heavy atom. The third-order valence-corrected chi connectivity index (χ3v) is 4.57. The quantitative estimate of drug-likeness (QED) is 0.903. The first-order valence-electron chi connectivity index (χ1n) is 7.56. The molecule has 1 aromatic heterocycles. The summed E-state index contributed by atoms with van der Waals surface area (Å²) in [5.74, 6) is 0. The summed E-state index contributed by atoms with van der Waals surface area (Å²) in [7, 11) is 0. The molecule has 0 amide bonds. The Kier molecular flexibility index (Phi) is 4.94. The summed E-state index contributed by atoms with van der Waals surface area (Å²) in [5.41, 5.74) is 3.02. The Morgan fingerprint density at radius 2 is 2.16 bits per heavy atom. The molecule has 0 bridgehead atoms. The number of hydrogen-bond acceptors (Lipinski definition) is 3. The topological polar surface area (TPSA) is 28.2 Å². The maximum absolute atomic E-state index is 4.27. The number of rotatable bonds is 4. The van der Waals surface area contributed by atoms with Gasteiger partial charge in [-0.15, -0.1) is 0 Å². The van der Waals surface area contributed by atoms with E-state index in [0.717, 1.165) is 19.6 Å². The normalized spacial score (nSPS) is 20.2. The Hall–Kier alpha value is -0.930. The molecule has 1 fully saturated rings. The lowest BCUT2D eigenvalue weighted by molar-refractivity contribution is 0.190. The van der Waals surface area contributed by atoms with Crippen molar-refractivity contribution >= 4 is 0 Å². The van der Waals surface area contributed by atoms with Crippen LogP contribution in [0.25, 0.3) is 0 Å². The van der Waals surface area contributed by atoms with Gasteiger partial charge in [-0.25, -0.2) is 0 Å². The third kappa shape index (κ3) is 3.54. The van der Waals surface area contributed by atoms with Gasteiger partial charge in [0.1, 0.15) is 0 Å². The maximum Gasteiger partial charge on any atom is 0.0315 e. The highest BCUT2D eigenvalue weighted by Crippen LogP contribution is 2.21. The molecule has 3 nitrogen and oxygen atoms in total. The van der Waals surface area contributed by atoms with E-state index in [9.17, 15) is 0 Å². The van der Waals surface area contributed by atoms with Gasteiger partial charge in [-0.2, -0.15) is 0 Å². The van der Waals surface area contributed by atoms with Gasteiger partial charge in [0, 0.05) is 31.0 Å². The summed E-state index contributed by atoms with van der Waals surface area (Å²) in [6.07, 6.45) is 7.54. The first-order valence-corrected chi connectivity index (χ1v) is 7.56. The van der Waals surface area contributed by atoms with Crippen LogP contribution >= 0.6 is 0 Å². The number of hydrogen-bond donors (Lipinski definition) is 1. The minimum Gasteiger partial charge on any atom is -0.310 e. The van der Waals surface area contributed by atoms with Crippen molar-refractivity contribution in [3.63, 3.8) is 0 Å². The van der Waals surface area contributed by atoms with Crippen LogP contribution < -0.4 is 5.32 Å². The number of aromatic nitrogens is 1. The van der Waals surface area contributed by atoms with Crippen molar-refractivity contribution in [2.75, 3.05) is 19.6 Å². The number of nitrogens with one attached hydrogen (secondary N) is 1. The average Bonchev–Trinajstić information content (AvgIpc) is 2.64. The fraction of sp³-hybridized carbons (Fsp3) is 0.688. The predicted molar refractivity (Wildman–Crippen MR) is 80.2 cm³/mol. The molecule has 106 valence electrons. The molecule has 0 spiro atoms. The Bertz CT molecular complexity index is 399. The van der Waals surface area contributed by atoms with Crippen LogP contribution in [0.1, 0.15) is 44.2 Å². The summed E-state index contributed by atoms with van der Waals surface area (Å²) in [6.45, 7) is 11.3. The Morgan fingerprint density at radius 3 is 2.84 bits per heavy atom. The summed E-state index contributed by atoms with van der Waals surface area (Å²) < 4.78 is 0. The standard InChI is InChI=1S/C16H27N3/c1-4-16(5-2)13-19(10-6-8-18-16)12-15-11-17-9-7-14(15)3/h7,9,11,18H,4-6,8,10,12-13H2,1-3H3. The number of aryl methyl sites for hydroxylation is 1. The van der Waals surface area contributed by atoms with Gasteiger partial charge in [0.25, 0.3) is 0 Å². The molecule has 1 aromatic rings. The highest BCUT2D eigenvalue weighted by molar-refractivity contribution is 5.21. The van der Waals surface area contributed by atoms with Gasteiger partial charge >= 0.3 is 0 Å². The number of pyridine rings is 1. The van der Waals surface area contributed by atoms with Crippen LogP contribution in [0.15, 0.2) is 18.5 Å². The van der Waals surface area contributed by atoms with Gasteiger partial charge < -0.3 is 5.32 Å². The zero-order valence-electron chi connectivity index (χ0n) is 12.6. The van der Waals surface area contributed by atoms with Crippen molar-refractivity contribution in [2.45, 2.75) is 52.1 Å². The molecule has 0 aliphatic carbocycles. The van der Waals surface area contributed by atoms with E-state index >= 15 is 0 Å². The highest BCUT2D eigenvalue weighted by atomic mass is 15.2. The summed E-state index contributed by atoms with van der Waals surface area (Å²) in [6, 6.07) is 2.11. The fourth-order valence-electron chi connectivity index (χ4n) is 2.98. The van der Waals surface area contributed by atoms with Gasteiger partial charge in [0.15, 0.2) is 0 Å². The molecular formula is C16H27N3. The van der Waals surface area contributed by atoms with Crippen molar-refractivity contribution in [3.8, 4) is 0 Å². The van der Waals surface area contributed by atoms with Crippen LogP contribution in [0.3, 0.4) is 0 Å². The molecule has 2 heterocycles. The second-order valence-electron chi connectivity index (χ2n) is 5.78. The minimum absolute atomic E-state index is 0.298. The van der Waals surface area contributed by atoms with Crippen molar-refractivity contribution in [2.24, 2.45) is 0 Å². The van der Waals surface area contributed by atoms with E-state index in [1.807, 2.05) is 12.4 Å². The molecule has 0 unspecified atom stereocenters. The van der Waals surface area contributed by atoms with Gasteiger partial charge in [-0.3, -0.25) is 9.88 Å². The van der Waals surface area contributed by atoms with E-state index < -0.39 is 0 Å². The molecule has 1 aliphatic heterocycles. The third-order valence-electron chi connectivity index (χ3n) is 4.57. The van der Waals surface area contributed by atoms with Crippen LogP contribution in [-0.2, 0) is 6.54 Å². The van der Waals surface area contributed by atoms with E-state index in [-0.39, 0.29) is 0 Å². The molecular weight excluding hydrogens is 234 g/mol. The molecule has 2 rings (SSSR count). The predicted octanol–water partition coefficient (Wildman–Crippen LogP) is 2.74. The largest absolute Gasteiger partial charge is 0.310 e. The summed E-state index contributed by atoms with van der Waals surface area (Å²) in [4.78, 5) is 6.86. The van der Waals surface area contributed by atoms with Crippen LogP contribution in [0.2, 0.25) is 0 Å². The second kappa shape index (κ2) is 6.49. The smallest absolute Gasteiger partial charge is 0.0315 e. The highest BCUT2D eigenvalue weighted by Gasteiger charge is 2.30. The zero-order valence-corrected chi connectivity index (χ0v) is 12.6. The fourth-order valence-corrected chi connectivity index (χ4v) is 2.98. The van der Waals surface area contributed by atoms with Crippen LogP contribution in [0.5, 0.6) is 0 Å². The van der Waals surface area contributed by atoms with Crippen LogP contribution in [0, 0.1) is 6.92 Å². The molecule has 3 heteroatoms. The van der Waals surface area contributed by atoms with Gasteiger partial charge in [0.05, 0.1) is 0 Å². The van der Waals surface area contributed by atoms with E-state index in [2.05, 4.69) is 42.0 Å². The Balaban J connectivity index is 2.09. The minimum atomic E-state index is 0.298. The monoisotopic (exact) mass is 261 g/mol. The lowest BCUT2D eigenvalue weighted by atomic mass is 9.92. The average molecular weight is 261 g/mol. The first-order chi connectivity index (χ1) is 9.19. The van der Waals surface area contributed by atoms with E-state index in [4.69, 9.17) is 0 Å². The van der Waals surface area contributed by atoms with E-state index in [1.54, 1.807) is 0 Å². The molecule has 19 heavy (non-hydrogen) atoms. The van der Waals surface area contributed by atoms with Gasteiger partial charge in [-0.1, -0.05) is 13.8 Å². The molecule has 1 aliphatic rings. The lowest BCUT2D eigenvalue weighted by Crippen LogP contribution is -2.50. The summed E-state index contributed by atoms with van der Waals surface area (Å²) >= 11 is 0. The van der Waals surface area contributed by atoms with Crippen molar-refractivity contribution in [3.05, 3.63) is 29.6 Å². The first kappa shape index (κ1) is 14.5. The molecule has 1 N–H and O–H groups in total. The maximum atomic E-state index is 4.27. The molecule has 1 saturated heterocycles. The van der Waals surface area contributed by atoms with Crippen molar-refractivity contribution < 1.29 is 0 Å². The van der Waals surface area contributed by atoms with E-state index in [0.29, 0.717) is 5.54 Å². The molecule has 0 saturated carbocycles. The summed E-state index contributed by atoms with van der Waals surface area (Å²) in [5, 5.41) is 3.77. The second-order valence-corrected chi connectivity index (χ2v) is 5.78. The SMILES string of the molecule is CCC1(CC)CN(Cc2cnccc2C)CCCN1. The molecule has 0 aromatic carbocycles. The lowest BCUT2D eigenvalue weighted by Gasteiger charge is -2.35. The molecule has 0 radical (unpaired) electrons. The van der Waals surface area contributed by atoms with E-state index in [1.165, 1.54) is 36.9 Å². The van der Waals surface area contributed by atoms with Gasteiger partial charge in [-0.05, 0) is 56.5 Å². The van der Waals surface area contributed by atoms with Crippen molar-refractivity contribution in [1.29, 1.82) is 0 Å². The Labute approximate surface area is 117 Å². The van der Waals surface area contributed by atoms with Crippen LogP contribution in [-0.4, -0.2) is 35.1 Å². The van der Waals surface area contributed by atoms with Gasteiger partial charge in [0.2, 0.25) is 0 Å². The number of nitrogens with zero attached hydrogens (tertiary/aromatic N) is 2. The van der Waals surface area contributed by atoms with Crippen molar-refractivity contribution in [1.82, 2.24) is 15.2 Å². The zero-order chi connectivity index (χ0) is 13.7. The molecule has 0 atom stereocenters.